The molecule has 3 rings (SSSR count). The van der Waals surface area contributed by atoms with E-state index in [1.54, 1.807) is 0 Å². The fourth-order valence-corrected chi connectivity index (χ4v) is 2.28. The molecule has 0 aliphatic rings. The lowest BCUT2D eigenvalue weighted by Crippen LogP contribution is -2.18. The zero-order valence-electron chi connectivity index (χ0n) is 9.78. The van der Waals surface area contributed by atoms with E-state index in [-0.39, 0.29) is 5.69 Å². The Morgan fingerprint density at radius 1 is 1.26 bits per heavy atom. The molecule has 2 heterocycles. The largest absolute Gasteiger partial charge is 0.343 e. The fraction of sp³-hybridized carbons (Fsp3) is 0.0909. The van der Waals surface area contributed by atoms with Crippen molar-refractivity contribution in [3.05, 3.63) is 52.2 Å². The summed E-state index contributed by atoms with van der Waals surface area (Å²) in [6.45, 7) is 0.316. The first-order chi connectivity index (χ1) is 9.31. The zero-order valence-corrected chi connectivity index (χ0v) is 10.6. The van der Waals surface area contributed by atoms with Gasteiger partial charge in [-0.25, -0.2) is 9.48 Å². The Morgan fingerprint density at radius 3 is 2.84 bits per heavy atom. The summed E-state index contributed by atoms with van der Waals surface area (Å²) in [5.41, 5.74) is 0.690. The number of anilines is 2. The summed E-state index contributed by atoms with van der Waals surface area (Å²) in [4.78, 5) is 13.8. The molecular formula is C11H10N6OS. The number of benzene rings is 1. The van der Waals surface area contributed by atoms with Gasteiger partial charge in [0, 0.05) is 5.69 Å². The van der Waals surface area contributed by atoms with Gasteiger partial charge in [0.15, 0.2) is 0 Å². The minimum atomic E-state index is -0.257. The average Bonchev–Trinajstić information content (AvgIpc) is 3.02. The lowest BCUT2D eigenvalue weighted by molar-refractivity contribution is 0.651. The first kappa shape index (κ1) is 11.6. The molecule has 0 amide bonds. The first-order valence-electron chi connectivity index (χ1n) is 5.56. The minimum Gasteiger partial charge on any atom is -0.330 e. The minimum absolute atomic E-state index is 0.257. The molecule has 1 aromatic carbocycles. The second-order valence-corrected chi connectivity index (χ2v) is 4.81. The van der Waals surface area contributed by atoms with E-state index < -0.39 is 0 Å². The summed E-state index contributed by atoms with van der Waals surface area (Å²) < 4.78 is 1.30. The molecule has 0 saturated carbocycles. The van der Waals surface area contributed by atoms with Crippen molar-refractivity contribution in [2.75, 3.05) is 5.32 Å². The highest BCUT2D eigenvalue weighted by atomic mass is 32.1. The van der Waals surface area contributed by atoms with Gasteiger partial charge in [0.05, 0.1) is 0 Å². The van der Waals surface area contributed by atoms with Gasteiger partial charge in [-0.2, -0.15) is 5.10 Å². The van der Waals surface area contributed by atoms with Crippen LogP contribution in [0.2, 0.25) is 0 Å². The number of hydrogen-bond acceptors (Lipinski definition) is 6. The Balaban J connectivity index is 1.73. The van der Waals surface area contributed by atoms with Crippen molar-refractivity contribution in [3.8, 4) is 0 Å². The maximum absolute atomic E-state index is 11.3. The van der Waals surface area contributed by atoms with Crippen LogP contribution in [0.4, 0.5) is 10.8 Å². The number of hydrogen-bond donors (Lipinski definition) is 2. The lowest BCUT2D eigenvalue weighted by atomic mass is 10.3. The van der Waals surface area contributed by atoms with Crippen LogP contribution in [0.3, 0.4) is 0 Å². The smallest absolute Gasteiger partial charge is 0.330 e. The zero-order chi connectivity index (χ0) is 13.1. The van der Waals surface area contributed by atoms with Crippen molar-refractivity contribution in [2.45, 2.75) is 6.54 Å². The predicted molar refractivity (Wildman–Crippen MR) is 71.6 cm³/mol. The topological polar surface area (TPSA) is 88.5 Å². The van der Waals surface area contributed by atoms with Crippen molar-refractivity contribution in [3.63, 3.8) is 0 Å². The summed E-state index contributed by atoms with van der Waals surface area (Å²) in [6.07, 6.45) is 1.35. The third kappa shape index (κ3) is 2.68. The standard InChI is InChI=1S/C11H10N6OS/c18-11-12-7-13-17(11)6-9-15-16-10(19-9)14-8-4-2-1-3-5-8/h1-5,7H,6H2,(H,14,16)(H,12,13,18). The fourth-order valence-electron chi connectivity index (χ4n) is 1.53. The van der Waals surface area contributed by atoms with Crippen LogP contribution >= 0.6 is 11.3 Å². The van der Waals surface area contributed by atoms with Crippen molar-refractivity contribution < 1.29 is 0 Å². The van der Waals surface area contributed by atoms with Gasteiger partial charge in [-0.3, -0.25) is 4.98 Å². The normalized spacial score (nSPS) is 10.5. The van der Waals surface area contributed by atoms with E-state index in [0.717, 1.165) is 5.69 Å². The lowest BCUT2D eigenvalue weighted by Gasteiger charge is -1.99. The van der Waals surface area contributed by atoms with Crippen LogP contribution in [0.1, 0.15) is 5.01 Å². The molecule has 19 heavy (non-hydrogen) atoms. The monoisotopic (exact) mass is 274 g/mol. The van der Waals surface area contributed by atoms with Crippen molar-refractivity contribution in [2.24, 2.45) is 0 Å². The summed E-state index contributed by atoms with van der Waals surface area (Å²) in [7, 11) is 0. The van der Waals surface area contributed by atoms with Crippen LogP contribution in [0, 0.1) is 0 Å². The highest BCUT2D eigenvalue weighted by Gasteiger charge is 2.07. The number of nitrogens with one attached hydrogen (secondary N) is 2. The number of aromatic nitrogens is 5. The molecule has 0 unspecified atom stereocenters. The molecule has 0 radical (unpaired) electrons. The highest BCUT2D eigenvalue weighted by Crippen LogP contribution is 2.20. The summed E-state index contributed by atoms with van der Waals surface area (Å²) in [6, 6.07) is 9.71. The van der Waals surface area contributed by atoms with E-state index in [2.05, 4.69) is 25.6 Å². The molecule has 2 N–H and O–H groups in total. The van der Waals surface area contributed by atoms with E-state index in [1.807, 2.05) is 30.3 Å². The highest BCUT2D eigenvalue weighted by molar-refractivity contribution is 7.15. The van der Waals surface area contributed by atoms with Gasteiger partial charge in [0.25, 0.3) is 0 Å². The number of nitrogens with zero attached hydrogens (tertiary/aromatic N) is 4. The molecule has 7 nitrogen and oxygen atoms in total. The number of rotatable bonds is 4. The second-order valence-electron chi connectivity index (χ2n) is 3.74. The first-order valence-corrected chi connectivity index (χ1v) is 6.38. The SMILES string of the molecule is O=c1[nH]cnn1Cc1nnc(Nc2ccccc2)s1. The maximum atomic E-state index is 11.3. The number of H-pyrrole nitrogens is 1. The average molecular weight is 274 g/mol. The number of aromatic amines is 1. The van der Waals surface area contributed by atoms with Crippen LogP contribution in [-0.4, -0.2) is 25.0 Å². The van der Waals surface area contributed by atoms with Crippen molar-refractivity contribution >= 4 is 22.2 Å². The quantitative estimate of drug-likeness (QED) is 0.746. The molecule has 0 aliphatic heterocycles. The molecule has 96 valence electrons. The Labute approximate surface area is 111 Å². The Kier molecular flexibility index (Phi) is 3.07. The third-order valence-electron chi connectivity index (χ3n) is 2.40. The van der Waals surface area contributed by atoms with Gasteiger partial charge >= 0.3 is 5.69 Å². The molecule has 2 aromatic heterocycles. The molecule has 8 heteroatoms. The molecule has 3 aromatic rings. The van der Waals surface area contributed by atoms with Crippen LogP contribution < -0.4 is 11.0 Å². The molecule has 0 spiro atoms. The Hall–Kier alpha value is -2.48. The van der Waals surface area contributed by atoms with E-state index in [0.29, 0.717) is 16.7 Å². The Morgan fingerprint density at radius 2 is 2.11 bits per heavy atom. The van der Waals surface area contributed by atoms with Crippen LogP contribution in [0.25, 0.3) is 0 Å². The van der Waals surface area contributed by atoms with Gasteiger partial charge < -0.3 is 5.32 Å². The van der Waals surface area contributed by atoms with Gasteiger partial charge in [-0.1, -0.05) is 29.5 Å². The van der Waals surface area contributed by atoms with Gasteiger partial charge in [-0.05, 0) is 12.1 Å². The second kappa shape index (κ2) is 5.02. The van der Waals surface area contributed by atoms with Crippen molar-refractivity contribution in [1.29, 1.82) is 0 Å². The van der Waals surface area contributed by atoms with Gasteiger partial charge in [0.1, 0.15) is 17.9 Å². The molecule has 0 atom stereocenters. The van der Waals surface area contributed by atoms with Gasteiger partial charge in [-0.15, -0.1) is 10.2 Å². The van der Waals surface area contributed by atoms with E-state index in [4.69, 9.17) is 0 Å². The van der Waals surface area contributed by atoms with Crippen LogP contribution in [0.5, 0.6) is 0 Å². The van der Waals surface area contributed by atoms with Gasteiger partial charge in [0.2, 0.25) is 5.13 Å². The summed E-state index contributed by atoms with van der Waals surface area (Å²) >= 11 is 1.39. The molecule has 0 bridgehead atoms. The van der Waals surface area contributed by atoms with Crippen LogP contribution in [-0.2, 0) is 6.54 Å². The third-order valence-corrected chi connectivity index (χ3v) is 3.22. The molecule has 0 fully saturated rings. The van der Waals surface area contributed by atoms with E-state index >= 15 is 0 Å². The van der Waals surface area contributed by atoms with E-state index in [9.17, 15) is 4.79 Å². The molecular weight excluding hydrogens is 264 g/mol. The van der Waals surface area contributed by atoms with Crippen LogP contribution in [0.15, 0.2) is 41.5 Å². The summed E-state index contributed by atoms with van der Waals surface area (Å²) in [5.74, 6) is 0. The Bertz CT molecular complexity index is 716. The van der Waals surface area contributed by atoms with Crippen molar-refractivity contribution in [1.82, 2.24) is 25.0 Å². The summed E-state index contributed by atoms with van der Waals surface area (Å²) in [5, 5.41) is 16.5. The van der Waals surface area contributed by atoms with E-state index in [1.165, 1.54) is 22.3 Å². The molecule has 0 saturated heterocycles. The maximum Gasteiger partial charge on any atom is 0.343 e. The number of para-hydroxylation sites is 1. The molecule has 0 aliphatic carbocycles. The predicted octanol–water partition coefficient (Wildman–Crippen LogP) is 1.21.